The Morgan fingerprint density at radius 3 is 2.56 bits per heavy atom. The highest BCUT2D eigenvalue weighted by Crippen LogP contribution is 2.31. The number of hydrogen-bond donors (Lipinski definition) is 2. The van der Waals surface area contributed by atoms with Crippen LogP contribution in [0.25, 0.3) is 0 Å². The van der Waals surface area contributed by atoms with Crippen molar-refractivity contribution in [1.29, 1.82) is 0 Å². The fourth-order valence-corrected chi connectivity index (χ4v) is 1.57. The molecule has 0 aromatic heterocycles. The highest BCUT2D eigenvalue weighted by atomic mass is 19.3. The lowest BCUT2D eigenvalue weighted by molar-refractivity contribution is -0.0521. The summed E-state index contributed by atoms with van der Waals surface area (Å²) >= 11 is 0. The Morgan fingerprint density at radius 1 is 1.44 bits per heavy atom. The number of benzene rings is 1. The zero-order valence-corrected chi connectivity index (χ0v) is 10.0. The van der Waals surface area contributed by atoms with Crippen molar-refractivity contribution >= 4 is 11.4 Å². The summed E-state index contributed by atoms with van der Waals surface area (Å²) in [6.07, 6.45) is -0.640. The molecule has 1 atom stereocenters. The number of nitrogen functional groups attached to an aromatic ring is 1. The van der Waals surface area contributed by atoms with Crippen LogP contribution >= 0.6 is 0 Å². The maximum atomic E-state index is 13.3. The van der Waals surface area contributed by atoms with E-state index in [9.17, 15) is 18.3 Å². The molecule has 0 bridgehead atoms. The minimum absolute atomic E-state index is 0.0808. The van der Waals surface area contributed by atoms with E-state index in [1.807, 2.05) is 0 Å². The monoisotopic (exact) mass is 264 g/mol. The average Bonchev–Trinajstić information content (AvgIpc) is 2.20. The topological polar surface area (TPSA) is 58.7 Å². The van der Waals surface area contributed by atoms with Crippen molar-refractivity contribution in [2.75, 3.05) is 24.2 Å². The number of rotatable bonds is 5. The number of aliphatic hydroxyl groups is 1. The lowest BCUT2D eigenvalue weighted by atomic mass is 10.2. The first-order valence-electron chi connectivity index (χ1n) is 5.24. The molecule has 0 aliphatic rings. The second kappa shape index (κ2) is 5.81. The standard InChI is InChI=1S/C11H15F3N2O2/c1-6(17)5-16(2)9-4-10(18-11(13)14)7(12)3-8(9)15/h3-4,6,11,17H,5,15H2,1-2H3. The Labute approximate surface area is 103 Å². The van der Waals surface area contributed by atoms with Crippen LogP contribution in [-0.4, -0.2) is 31.4 Å². The van der Waals surface area contributed by atoms with E-state index in [2.05, 4.69) is 4.74 Å². The zero-order valence-electron chi connectivity index (χ0n) is 10.0. The summed E-state index contributed by atoms with van der Waals surface area (Å²) in [5.41, 5.74) is 5.99. The molecule has 18 heavy (non-hydrogen) atoms. The van der Waals surface area contributed by atoms with Crippen molar-refractivity contribution in [1.82, 2.24) is 0 Å². The molecule has 1 rings (SSSR count). The molecule has 1 unspecified atom stereocenters. The molecule has 0 aliphatic carbocycles. The van der Waals surface area contributed by atoms with Crippen molar-refractivity contribution in [2.45, 2.75) is 19.6 Å². The van der Waals surface area contributed by atoms with Crippen molar-refractivity contribution in [3.63, 3.8) is 0 Å². The summed E-state index contributed by atoms with van der Waals surface area (Å²) < 4.78 is 41.5. The minimum Gasteiger partial charge on any atom is -0.432 e. The van der Waals surface area contributed by atoms with E-state index >= 15 is 0 Å². The van der Waals surface area contributed by atoms with Gasteiger partial charge in [0.25, 0.3) is 0 Å². The zero-order chi connectivity index (χ0) is 13.9. The summed E-state index contributed by atoms with van der Waals surface area (Å²) in [5.74, 6) is -1.53. The van der Waals surface area contributed by atoms with E-state index in [1.165, 1.54) is 4.90 Å². The second-order valence-electron chi connectivity index (χ2n) is 3.95. The predicted octanol–water partition coefficient (Wildman–Crippen LogP) is 1.83. The Bertz CT molecular complexity index is 414. The van der Waals surface area contributed by atoms with Crippen LogP contribution in [0.4, 0.5) is 24.5 Å². The van der Waals surface area contributed by atoms with Gasteiger partial charge in [-0.2, -0.15) is 8.78 Å². The van der Waals surface area contributed by atoms with Gasteiger partial charge in [-0.25, -0.2) is 4.39 Å². The third kappa shape index (κ3) is 3.69. The summed E-state index contributed by atoms with van der Waals surface area (Å²) in [4.78, 5) is 1.53. The van der Waals surface area contributed by atoms with E-state index in [1.54, 1.807) is 14.0 Å². The van der Waals surface area contributed by atoms with Crippen molar-refractivity contribution in [3.05, 3.63) is 17.9 Å². The van der Waals surface area contributed by atoms with E-state index < -0.39 is 24.3 Å². The molecule has 0 radical (unpaired) electrons. The number of aliphatic hydroxyl groups excluding tert-OH is 1. The van der Waals surface area contributed by atoms with Crippen molar-refractivity contribution in [3.8, 4) is 5.75 Å². The third-order valence-electron chi connectivity index (χ3n) is 2.25. The van der Waals surface area contributed by atoms with Gasteiger partial charge >= 0.3 is 6.61 Å². The Kier molecular flexibility index (Phi) is 4.66. The molecule has 1 aromatic carbocycles. The van der Waals surface area contributed by atoms with Gasteiger partial charge in [0.15, 0.2) is 11.6 Å². The quantitative estimate of drug-likeness (QED) is 0.796. The maximum absolute atomic E-state index is 13.3. The van der Waals surface area contributed by atoms with Gasteiger partial charge in [-0.15, -0.1) is 0 Å². The van der Waals surface area contributed by atoms with Crippen molar-refractivity contribution < 1.29 is 23.0 Å². The molecule has 0 heterocycles. The SMILES string of the molecule is CC(O)CN(C)c1cc(OC(F)F)c(F)cc1N. The van der Waals surface area contributed by atoms with Crippen molar-refractivity contribution in [2.24, 2.45) is 0 Å². The highest BCUT2D eigenvalue weighted by Gasteiger charge is 2.16. The Hall–Kier alpha value is -1.63. The first-order chi connectivity index (χ1) is 8.31. The molecule has 0 fully saturated rings. The lowest BCUT2D eigenvalue weighted by Gasteiger charge is -2.23. The number of nitrogens with zero attached hydrogens (tertiary/aromatic N) is 1. The number of nitrogens with two attached hydrogens (primary N) is 1. The molecule has 0 amide bonds. The van der Waals surface area contributed by atoms with E-state index in [4.69, 9.17) is 5.73 Å². The van der Waals surface area contributed by atoms with Gasteiger partial charge in [0.2, 0.25) is 0 Å². The largest absolute Gasteiger partial charge is 0.432 e. The number of ether oxygens (including phenoxy) is 1. The van der Waals surface area contributed by atoms with Crippen LogP contribution in [0.2, 0.25) is 0 Å². The molecule has 0 saturated carbocycles. The molecule has 4 nitrogen and oxygen atoms in total. The molecule has 0 aliphatic heterocycles. The van der Waals surface area contributed by atoms with Crippen LogP contribution in [0.3, 0.4) is 0 Å². The first kappa shape index (κ1) is 14.4. The number of hydrogen-bond acceptors (Lipinski definition) is 4. The van der Waals surface area contributed by atoms with Crippen LogP contribution in [0.5, 0.6) is 5.75 Å². The molecule has 1 aromatic rings. The fraction of sp³-hybridized carbons (Fsp3) is 0.455. The van der Waals surface area contributed by atoms with Gasteiger partial charge in [-0.3, -0.25) is 0 Å². The second-order valence-corrected chi connectivity index (χ2v) is 3.95. The maximum Gasteiger partial charge on any atom is 0.387 e. The summed E-state index contributed by atoms with van der Waals surface area (Å²) in [6.45, 7) is -1.32. The Balaban J connectivity index is 3.04. The summed E-state index contributed by atoms with van der Waals surface area (Å²) in [6, 6.07) is 1.99. The number of halogens is 3. The smallest absolute Gasteiger partial charge is 0.387 e. The van der Waals surface area contributed by atoms with Crippen LogP contribution in [0, 0.1) is 5.82 Å². The third-order valence-corrected chi connectivity index (χ3v) is 2.25. The highest BCUT2D eigenvalue weighted by molar-refractivity contribution is 5.69. The van der Waals surface area contributed by atoms with E-state index in [-0.39, 0.29) is 12.2 Å². The van der Waals surface area contributed by atoms with Crippen LogP contribution in [0.1, 0.15) is 6.92 Å². The van der Waals surface area contributed by atoms with Crippen LogP contribution < -0.4 is 15.4 Å². The van der Waals surface area contributed by atoms with E-state index in [0.29, 0.717) is 5.69 Å². The average molecular weight is 264 g/mol. The lowest BCUT2D eigenvalue weighted by Crippen LogP contribution is -2.27. The predicted molar refractivity (Wildman–Crippen MR) is 62.4 cm³/mol. The number of alkyl halides is 2. The Morgan fingerprint density at radius 2 is 2.06 bits per heavy atom. The molecule has 102 valence electrons. The molecule has 0 saturated heterocycles. The number of anilines is 2. The summed E-state index contributed by atoms with van der Waals surface area (Å²) in [5, 5.41) is 9.24. The minimum atomic E-state index is -3.11. The van der Waals surface area contributed by atoms with Gasteiger partial charge in [0, 0.05) is 25.7 Å². The molecule has 0 spiro atoms. The van der Waals surface area contributed by atoms with Crippen LogP contribution in [0.15, 0.2) is 12.1 Å². The van der Waals surface area contributed by atoms with Crippen LogP contribution in [-0.2, 0) is 0 Å². The van der Waals surface area contributed by atoms with Gasteiger partial charge in [-0.05, 0) is 6.92 Å². The molecule has 3 N–H and O–H groups in total. The van der Waals surface area contributed by atoms with Gasteiger partial charge in [0.1, 0.15) is 0 Å². The summed E-state index contributed by atoms with van der Waals surface area (Å²) in [7, 11) is 1.60. The normalized spacial score (nSPS) is 12.6. The van der Waals surface area contributed by atoms with Gasteiger partial charge in [-0.1, -0.05) is 0 Å². The van der Waals surface area contributed by atoms with Gasteiger partial charge < -0.3 is 20.5 Å². The molecular weight excluding hydrogens is 249 g/mol. The number of likely N-dealkylation sites (N-methyl/N-ethyl adjacent to an activating group) is 1. The van der Waals surface area contributed by atoms with E-state index in [0.717, 1.165) is 12.1 Å². The molecular formula is C11H15F3N2O2. The molecule has 7 heteroatoms. The fourth-order valence-electron chi connectivity index (χ4n) is 1.57. The van der Waals surface area contributed by atoms with Gasteiger partial charge in [0.05, 0.1) is 17.5 Å². The first-order valence-corrected chi connectivity index (χ1v) is 5.24.